The first-order valence-corrected chi connectivity index (χ1v) is 6.17. The third kappa shape index (κ3) is 2.79. The molecular formula is C11H16N2OS. The van der Waals surface area contributed by atoms with Crippen LogP contribution in [0.25, 0.3) is 0 Å². The van der Waals surface area contributed by atoms with Gasteiger partial charge in [-0.3, -0.25) is 4.79 Å². The Kier molecular flexibility index (Phi) is 3.38. The molecule has 1 saturated heterocycles. The number of rotatable bonds is 4. The van der Waals surface area contributed by atoms with Crippen molar-refractivity contribution >= 4 is 17.2 Å². The fourth-order valence-electron chi connectivity index (χ4n) is 1.66. The lowest BCUT2D eigenvalue weighted by molar-refractivity contribution is -0.123. The molecule has 0 aliphatic carbocycles. The summed E-state index contributed by atoms with van der Waals surface area (Å²) in [7, 11) is 0. The summed E-state index contributed by atoms with van der Waals surface area (Å²) < 4.78 is 0. The van der Waals surface area contributed by atoms with Gasteiger partial charge in [-0.05, 0) is 37.4 Å². The lowest BCUT2D eigenvalue weighted by atomic mass is 9.99. The Morgan fingerprint density at radius 2 is 2.53 bits per heavy atom. The molecular weight excluding hydrogens is 208 g/mol. The summed E-state index contributed by atoms with van der Waals surface area (Å²) in [6.07, 6.45) is 0.655. The Hall–Kier alpha value is -0.870. The van der Waals surface area contributed by atoms with E-state index in [2.05, 4.69) is 16.7 Å². The number of thiophene rings is 1. The second-order valence-corrected chi connectivity index (χ2v) is 5.01. The average Bonchev–Trinajstić information content (AvgIpc) is 2.64. The highest BCUT2D eigenvalue weighted by Gasteiger charge is 2.21. The molecule has 2 heterocycles. The Morgan fingerprint density at radius 1 is 1.73 bits per heavy atom. The molecule has 1 amide bonds. The summed E-state index contributed by atoms with van der Waals surface area (Å²) >= 11 is 1.68. The molecule has 0 spiro atoms. The summed E-state index contributed by atoms with van der Waals surface area (Å²) in [5.74, 6) is 0.711. The van der Waals surface area contributed by atoms with Gasteiger partial charge in [0.25, 0.3) is 0 Å². The van der Waals surface area contributed by atoms with Crippen LogP contribution in [0.2, 0.25) is 0 Å². The van der Waals surface area contributed by atoms with Crippen LogP contribution in [-0.4, -0.2) is 19.0 Å². The van der Waals surface area contributed by atoms with Gasteiger partial charge >= 0.3 is 0 Å². The van der Waals surface area contributed by atoms with Gasteiger partial charge < -0.3 is 10.6 Å². The van der Waals surface area contributed by atoms with E-state index >= 15 is 0 Å². The molecule has 1 aromatic rings. The van der Waals surface area contributed by atoms with Crippen LogP contribution in [0.4, 0.5) is 0 Å². The maximum Gasteiger partial charge on any atom is 0.220 e. The van der Waals surface area contributed by atoms with E-state index in [1.807, 2.05) is 18.4 Å². The summed E-state index contributed by atoms with van der Waals surface area (Å²) in [4.78, 5) is 12.8. The molecule has 1 aliphatic heterocycles. The van der Waals surface area contributed by atoms with E-state index in [9.17, 15) is 4.79 Å². The Balaban J connectivity index is 1.78. The first-order valence-electron chi connectivity index (χ1n) is 5.29. The van der Waals surface area contributed by atoms with E-state index in [0.29, 0.717) is 12.3 Å². The molecule has 3 nitrogen and oxygen atoms in total. The van der Waals surface area contributed by atoms with Crippen molar-refractivity contribution in [1.82, 2.24) is 10.6 Å². The Bertz CT molecular complexity index is 319. The average molecular weight is 224 g/mol. The fourth-order valence-corrected chi connectivity index (χ4v) is 2.40. The number of hydrogen-bond donors (Lipinski definition) is 2. The minimum atomic E-state index is 0.144. The van der Waals surface area contributed by atoms with Crippen molar-refractivity contribution < 1.29 is 4.79 Å². The van der Waals surface area contributed by atoms with Crippen LogP contribution in [-0.2, 0) is 4.79 Å². The lowest BCUT2D eigenvalue weighted by Gasteiger charge is -2.26. The number of carbonyl (C=O) groups excluding carboxylic acids is 1. The van der Waals surface area contributed by atoms with Gasteiger partial charge in [-0.2, -0.15) is 0 Å². The highest BCUT2D eigenvalue weighted by molar-refractivity contribution is 7.10. The third-order valence-corrected chi connectivity index (χ3v) is 3.74. The molecule has 1 fully saturated rings. The van der Waals surface area contributed by atoms with Gasteiger partial charge in [0, 0.05) is 11.3 Å². The predicted molar refractivity (Wildman–Crippen MR) is 61.9 cm³/mol. The zero-order valence-electron chi connectivity index (χ0n) is 8.82. The smallest absolute Gasteiger partial charge is 0.220 e. The van der Waals surface area contributed by atoms with Crippen molar-refractivity contribution in [1.29, 1.82) is 0 Å². The van der Waals surface area contributed by atoms with Crippen molar-refractivity contribution in [3.63, 3.8) is 0 Å². The van der Waals surface area contributed by atoms with Gasteiger partial charge in [-0.25, -0.2) is 0 Å². The Labute approximate surface area is 93.9 Å². The predicted octanol–water partition coefficient (Wildman–Crippen LogP) is 1.53. The van der Waals surface area contributed by atoms with Gasteiger partial charge in [-0.1, -0.05) is 6.07 Å². The molecule has 1 aliphatic rings. The summed E-state index contributed by atoms with van der Waals surface area (Å²) in [5.41, 5.74) is 0. The van der Waals surface area contributed by atoms with Crippen molar-refractivity contribution in [3.05, 3.63) is 22.4 Å². The van der Waals surface area contributed by atoms with Crippen LogP contribution in [0.15, 0.2) is 17.5 Å². The van der Waals surface area contributed by atoms with Crippen LogP contribution in [0.1, 0.15) is 24.3 Å². The fraction of sp³-hybridized carbons (Fsp3) is 0.545. The normalized spacial score (nSPS) is 18.2. The third-order valence-electron chi connectivity index (χ3n) is 2.69. The van der Waals surface area contributed by atoms with Crippen LogP contribution < -0.4 is 10.6 Å². The second-order valence-electron chi connectivity index (χ2n) is 4.03. The van der Waals surface area contributed by atoms with Gasteiger partial charge in [0.1, 0.15) is 0 Å². The van der Waals surface area contributed by atoms with Crippen LogP contribution >= 0.6 is 11.3 Å². The summed E-state index contributed by atoms with van der Waals surface area (Å²) in [5, 5.41) is 8.23. The molecule has 0 unspecified atom stereocenters. The SMILES string of the molecule is C[C@@H](NC(=O)CC1CNC1)c1cccs1. The molecule has 0 saturated carbocycles. The highest BCUT2D eigenvalue weighted by atomic mass is 32.1. The zero-order valence-corrected chi connectivity index (χ0v) is 9.64. The largest absolute Gasteiger partial charge is 0.349 e. The number of hydrogen-bond acceptors (Lipinski definition) is 3. The molecule has 0 bridgehead atoms. The van der Waals surface area contributed by atoms with Gasteiger partial charge in [0.05, 0.1) is 6.04 Å². The minimum absolute atomic E-state index is 0.144. The van der Waals surface area contributed by atoms with Crippen molar-refractivity contribution in [2.45, 2.75) is 19.4 Å². The van der Waals surface area contributed by atoms with Crippen LogP contribution in [0, 0.1) is 5.92 Å². The molecule has 1 atom stereocenters. The van der Waals surface area contributed by atoms with E-state index in [4.69, 9.17) is 0 Å². The van der Waals surface area contributed by atoms with Gasteiger partial charge in [-0.15, -0.1) is 11.3 Å². The van der Waals surface area contributed by atoms with E-state index in [-0.39, 0.29) is 11.9 Å². The highest BCUT2D eigenvalue weighted by Crippen LogP contribution is 2.18. The quantitative estimate of drug-likeness (QED) is 0.814. The standard InChI is InChI=1S/C11H16N2OS/c1-8(10-3-2-4-15-10)13-11(14)5-9-6-12-7-9/h2-4,8-9,12H,5-7H2,1H3,(H,13,14)/t8-/m1/s1. The van der Waals surface area contributed by atoms with Gasteiger partial charge in [0.2, 0.25) is 5.91 Å². The Morgan fingerprint density at radius 3 is 3.07 bits per heavy atom. The monoisotopic (exact) mass is 224 g/mol. The molecule has 2 rings (SSSR count). The number of carbonyl (C=O) groups is 1. The molecule has 0 aromatic carbocycles. The number of amides is 1. The van der Waals surface area contributed by atoms with Crippen molar-refractivity contribution in [2.75, 3.05) is 13.1 Å². The zero-order chi connectivity index (χ0) is 10.7. The maximum absolute atomic E-state index is 11.6. The number of nitrogens with one attached hydrogen (secondary N) is 2. The van der Waals surface area contributed by atoms with Crippen molar-refractivity contribution in [3.8, 4) is 0 Å². The van der Waals surface area contributed by atoms with E-state index in [1.165, 1.54) is 4.88 Å². The second kappa shape index (κ2) is 4.77. The van der Waals surface area contributed by atoms with Crippen LogP contribution in [0.5, 0.6) is 0 Å². The summed E-state index contributed by atoms with van der Waals surface area (Å²) in [6.45, 7) is 4.00. The van der Waals surface area contributed by atoms with Crippen molar-refractivity contribution in [2.24, 2.45) is 5.92 Å². The molecule has 2 N–H and O–H groups in total. The topological polar surface area (TPSA) is 41.1 Å². The van der Waals surface area contributed by atoms with E-state index in [0.717, 1.165) is 13.1 Å². The molecule has 4 heteroatoms. The van der Waals surface area contributed by atoms with Gasteiger partial charge in [0.15, 0.2) is 0 Å². The molecule has 0 radical (unpaired) electrons. The van der Waals surface area contributed by atoms with E-state index in [1.54, 1.807) is 11.3 Å². The summed E-state index contributed by atoms with van der Waals surface area (Å²) in [6, 6.07) is 4.21. The van der Waals surface area contributed by atoms with E-state index < -0.39 is 0 Å². The van der Waals surface area contributed by atoms with Crippen LogP contribution in [0.3, 0.4) is 0 Å². The minimum Gasteiger partial charge on any atom is -0.349 e. The molecule has 1 aromatic heterocycles. The maximum atomic E-state index is 11.6. The lowest BCUT2D eigenvalue weighted by Crippen LogP contribution is -2.44. The first kappa shape index (κ1) is 10.6. The first-order chi connectivity index (χ1) is 7.25. The molecule has 15 heavy (non-hydrogen) atoms. The molecule has 82 valence electrons.